The Morgan fingerprint density at radius 3 is 2.48 bits per heavy atom. The fourth-order valence-corrected chi connectivity index (χ4v) is 3.69. The van der Waals surface area contributed by atoms with E-state index in [4.69, 9.17) is 11.6 Å². The molecule has 2 aromatic rings. The van der Waals surface area contributed by atoms with Gasteiger partial charge >= 0.3 is 5.69 Å². The lowest BCUT2D eigenvalue weighted by Gasteiger charge is -2.15. The van der Waals surface area contributed by atoms with E-state index in [0.717, 1.165) is 15.3 Å². The van der Waals surface area contributed by atoms with Crippen LogP contribution in [0.5, 0.6) is 0 Å². The van der Waals surface area contributed by atoms with E-state index in [-0.39, 0.29) is 0 Å². The molecule has 0 bridgehead atoms. The summed E-state index contributed by atoms with van der Waals surface area (Å²) in [5, 5.41) is 0.478. The van der Waals surface area contributed by atoms with Crippen LogP contribution >= 0.6 is 11.6 Å². The second kappa shape index (κ2) is 6.31. The van der Waals surface area contributed by atoms with Crippen LogP contribution in [-0.2, 0) is 24.1 Å². The largest absolute Gasteiger partial charge is 0.330 e. The fourth-order valence-electron chi connectivity index (χ4n) is 2.10. The van der Waals surface area contributed by atoms with Crippen LogP contribution in [0.15, 0.2) is 44.9 Å². The van der Waals surface area contributed by atoms with E-state index in [9.17, 15) is 18.0 Å². The summed E-state index contributed by atoms with van der Waals surface area (Å²) in [7, 11) is -1.50. The van der Waals surface area contributed by atoms with Gasteiger partial charge in [0.15, 0.2) is 4.90 Å². The molecule has 0 spiro atoms. The van der Waals surface area contributed by atoms with Crippen molar-refractivity contribution in [2.75, 3.05) is 0 Å². The van der Waals surface area contributed by atoms with Crippen LogP contribution in [0.4, 0.5) is 0 Å². The first-order valence-corrected chi connectivity index (χ1v) is 8.54. The summed E-state index contributed by atoms with van der Waals surface area (Å²) in [6.07, 6.45) is 1.01. The molecule has 124 valence electrons. The van der Waals surface area contributed by atoms with E-state index >= 15 is 0 Å². The molecule has 0 fully saturated rings. The van der Waals surface area contributed by atoms with Crippen LogP contribution in [-0.4, -0.2) is 17.6 Å². The third kappa shape index (κ3) is 3.54. The predicted octanol–water partition coefficient (Wildman–Crippen LogP) is 0.777. The van der Waals surface area contributed by atoms with Crippen molar-refractivity contribution in [3.8, 4) is 0 Å². The molecule has 1 aromatic heterocycles. The minimum atomic E-state index is -4.10. The van der Waals surface area contributed by atoms with Crippen molar-refractivity contribution in [3.63, 3.8) is 0 Å². The zero-order valence-corrected chi connectivity index (χ0v) is 14.4. The molecular formula is C14H16ClN3O4S. The molecule has 0 saturated carbocycles. The summed E-state index contributed by atoms with van der Waals surface area (Å²) in [6.45, 7) is 1.63. The van der Waals surface area contributed by atoms with Crippen molar-refractivity contribution in [3.05, 3.63) is 61.9 Å². The molecule has 1 atom stereocenters. The molecule has 0 saturated heterocycles. The zero-order valence-electron chi connectivity index (χ0n) is 12.8. The number of nitrogens with one attached hydrogen (secondary N) is 1. The van der Waals surface area contributed by atoms with Crippen molar-refractivity contribution >= 4 is 21.6 Å². The molecule has 2 rings (SSSR count). The number of nitrogens with zero attached hydrogens (tertiary/aromatic N) is 2. The van der Waals surface area contributed by atoms with E-state index < -0.39 is 32.2 Å². The third-order valence-corrected chi connectivity index (χ3v) is 5.14. The Balaban J connectivity index is 2.44. The topological polar surface area (TPSA) is 90.2 Å². The van der Waals surface area contributed by atoms with Gasteiger partial charge in [0.2, 0.25) is 10.0 Å². The number of hydrogen-bond acceptors (Lipinski definition) is 4. The molecule has 0 unspecified atom stereocenters. The summed E-state index contributed by atoms with van der Waals surface area (Å²) in [5.74, 6) is 0. The number of benzene rings is 1. The average Bonchev–Trinajstić information content (AvgIpc) is 2.48. The normalized spacial score (nSPS) is 13.0. The molecule has 1 heterocycles. The smallest absolute Gasteiger partial charge is 0.302 e. The van der Waals surface area contributed by atoms with Crippen LogP contribution in [0.25, 0.3) is 0 Å². The highest BCUT2D eigenvalue weighted by Gasteiger charge is 2.24. The quantitative estimate of drug-likeness (QED) is 0.875. The first-order valence-electron chi connectivity index (χ1n) is 6.68. The predicted molar refractivity (Wildman–Crippen MR) is 87.1 cm³/mol. The number of rotatable bonds is 4. The molecule has 23 heavy (non-hydrogen) atoms. The lowest BCUT2D eigenvalue weighted by Crippen LogP contribution is -2.41. The van der Waals surface area contributed by atoms with Gasteiger partial charge in [-0.15, -0.1) is 0 Å². The number of hydrogen-bond donors (Lipinski definition) is 1. The first-order chi connectivity index (χ1) is 10.6. The maximum Gasteiger partial charge on any atom is 0.330 e. The molecular weight excluding hydrogens is 342 g/mol. The second-order valence-electron chi connectivity index (χ2n) is 5.15. The number of aryl methyl sites for hydroxylation is 1. The van der Waals surface area contributed by atoms with E-state index in [1.165, 1.54) is 14.1 Å². The lowest BCUT2D eigenvalue weighted by molar-refractivity contribution is 0.557. The van der Waals surface area contributed by atoms with Gasteiger partial charge in [0.25, 0.3) is 5.56 Å². The van der Waals surface area contributed by atoms with E-state index in [1.807, 2.05) is 0 Å². The molecule has 0 aliphatic heterocycles. The summed E-state index contributed by atoms with van der Waals surface area (Å²) < 4.78 is 29.1. The highest BCUT2D eigenvalue weighted by molar-refractivity contribution is 7.89. The monoisotopic (exact) mass is 357 g/mol. The minimum absolute atomic E-state index is 0.478. The van der Waals surface area contributed by atoms with Crippen molar-refractivity contribution < 1.29 is 8.42 Å². The SMILES string of the molecule is C[C@H](NS(=O)(=O)c1cn(C)c(=O)n(C)c1=O)c1cccc(Cl)c1. The van der Waals surface area contributed by atoms with E-state index in [2.05, 4.69) is 4.72 Å². The van der Waals surface area contributed by atoms with Crippen LogP contribution in [0, 0.1) is 0 Å². The maximum atomic E-state index is 12.5. The molecule has 9 heteroatoms. The van der Waals surface area contributed by atoms with Gasteiger partial charge in [0.05, 0.1) is 0 Å². The van der Waals surface area contributed by atoms with Gasteiger partial charge in [-0.1, -0.05) is 23.7 Å². The summed E-state index contributed by atoms with van der Waals surface area (Å²) >= 11 is 5.89. The molecule has 1 N–H and O–H groups in total. The van der Waals surface area contributed by atoms with Gasteiger partial charge in [-0.2, -0.15) is 0 Å². The Labute approximate surface area is 138 Å². The van der Waals surface area contributed by atoms with Crippen LogP contribution in [0.1, 0.15) is 18.5 Å². The summed E-state index contributed by atoms with van der Waals surface area (Å²) in [5.41, 5.74) is -0.821. The standard InChI is InChI=1S/C14H16ClN3O4S/c1-9(10-5-4-6-11(15)7-10)16-23(21,22)12-8-17(2)14(20)18(3)13(12)19/h4-9,16H,1-3H3/t9-/m0/s1. The Kier molecular flexibility index (Phi) is 4.79. The van der Waals surface area contributed by atoms with E-state index in [0.29, 0.717) is 10.6 Å². The van der Waals surface area contributed by atoms with Crippen LogP contribution in [0.3, 0.4) is 0 Å². The van der Waals surface area contributed by atoms with Gasteiger partial charge < -0.3 is 4.57 Å². The summed E-state index contributed by atoms with van der Waals surface area (Å²) in [6, 6.07) is 6.13. The number of halogens is 1. The maximum absolute atomic E-state index is 12.5. The van der Waals surface area contributed by atoms with Gasteiger partial charge in [0, 0.05) is 31.4 Å². The highest BCUT2D eigenvalue weighted by atomic mass is 35.5. The Morgan fingerprint density at radius 1 is 1.22 bits per heavy atom. The van der Waals surface area contributed by atoms with Crippen LogP contribution < -0.4 is 16.0 Å². The van der Waals surface area contributed by atoms with Gasteiger partial charge in [-0.05, 0) is 24.6 Å². The van der Waals surface area contributed by atoms with Crippen molar-refractivity contribution in [2.45, 2.75) is 17.9 Å². The number of sulfonamides is 1. The molecule has 0 amide bonds. The van der Waals surface area contributed by atoms with Crippen LogP contribution in [0.2, 0.25) is 5.02 Å². The highest BCUT2D eigenvalue weighted by Crippen LogP contribution is 2.19. The van der Waals surface area contributed by atoms with Gasteiger partial charge in [-0.25, -0.2) is 17.9 Å². The second-order valence-corrected chi connectivity index (χ2v) is 7.27. The molecule has 0 radical (unpaired) electrons. The molecule has 1 aromatic carbocycles. The fraction of sp³-hybridized carbons (Fsp3) is 0.286. The van der Waals surface area contributed by atoms with Crippen molar-refractivity contribution in [1.82, 2.24) is 13.9 Å². The number of aromatic nitrogens is 2. The zero-order chi connectivity index (χ0) is 17.4. The Hall–Kier alpha value is -1.90. The average molecular weight is 358 g/mol. The third-order valence-electron chi connectivity index (χ3n) is 3.39. The Morgan fingerprint density at radius 2 is 1.87 bits per heavy atom. The first kappa shape index (κ1) is 17.5. The van der Waals surface area contributed by atoms with E-state index in [1.54, 1.807) is 31.2 Å². The van der Waals surface area contributed by atoms with Gasteiger partial charge in [-0.3, -0.25) is 9.36 Å². The minimum Gasteiger partial charge on any atom is -0.302 e. The lowest BCUT2D eigenvalue weighted by atomic mass is 10.1. The Bertz CT molecular complexity index is 963. The molecule has 7 nitrogen and oxygen atoms in total. The molecule has 0 aliphatic carbocycles. The van der Waals surface area contributed by atoms with Crippen molar-refractivity contribution in [2.24, 2.45) is 14.1 Å². The summed E-state index contributed by atoms with van der Waals surface area (Å²) in [4.78, 5) is 23.2. The van der Waals surface area contributed by atoms with Gasteiger partial charge in [0.1, 0.15) is 0 Å². The molecule has 0 aliphatic rings. The van der Waals surface area contributed by atoms with Crippen molar-refractivity contribution in [1.29, 1.82) is 0 Å².